The van der Waals surface area contributed by atoms with Crippen molar-refractivity contribution in [1.29, 1.82) is 0 Å². The molecule has 5 nitrogen and oxygen atoms in total. The Kier molecular flexibility index (Phi) is 9.84. The van der Waals surface area contributed by atoms with Gasteiger partial charge in [-0.1, -0.05) is 71.9 Å². The van der Waals surface area contributed by atoms with Crippen LogP contribution in [-0.2, 0) is 17.9 Å². The summed E-state index contributed by atoms with van der Waals surface area (Å²) in [6.07, 6.45) is 8.45. The molecule has 4 rings (SSSR count). The first kappa shape index (κ1) is 28.2. The molecule has 3 aromatic rings. The van der Waals surface area contributed by atoms with E-state index in [1.54, 1.807) is 4.90 Å². The number of aryl methyl sites for hydroxylation is 1. The van der Waals surface area contributed by atoms with Crippen molar-refractivity contribution in [2.45, 2.75) is 84.5 Å². The SMILES string of the molecule is CCC(C)N(CC(=O)N(Cc1cccn1Cc1ccc(Br)cc1)C1CCCCC1)C(=O)c1ccc(C)cc1. The Morgan fingerprint density at radius 3 is 2.34 bits per heavy atom. The van der Waals surface area contributed by atoms with E-state index in [0.717, 1.165) is 54.4 Å². The maximum Gasteiger partial charge on any atom is 0.254 e. The third-order valence-electron chi connectivity index (χ3n) is 7.85. The Hall–Kier alpha value is -2.86. The number of carbonyl (C=O) groups is 2. The number of aromatic nitrogens is 1. The van der Waals surface area contributed by atoms with Gasteiger partial charge in [-0.3, -0.25) is 9.59 Å². The van der Waals surface area contributed by atoms with Crippen LogP contribution in [0.15, 0.2) is 71.3 Å². The average Bonchev–Trinajstić information content (AvgIpc) is 3.38. The molecule has 1 saturated carbocycles. The smallest absolute Gasteiger partial charge is 0.254 e. The Bertz CT molecular complexity index is 1200. The monoisotopic (exact) mass is 577 g/mol. The molecule has 0 saturated heterocycles. The van der Waals surface area contributed by atoms with Gasteiger partial charge in [0.15, 0.2) is 0 Å². The minimum Gasteiger partial charge on any atom is -0.345 e. The molecule has 6 heteroatoms. The van der Waals surface area contributed by atoms with Crippen LogP contribution in [0.3, 0.4) is 0 Å². The van der Waals surface area contributed by atoms with Crippen molar-refractivity contribution in [2.75, 3.05) is 6.54 Å². The Labute approximate surface area is 236 Å². The van der Waals surface area contributed by atoms with Crippen LogP contribution < -0.4 is 0 Å². The average molecular weight is 579 g/mol. The number of nitrogens with zero attached hydrogens (tertiary/aromatic N) is 3. The predicted octanol–water partition coefficient (Wildman–Crippen LogP) is 7.21. The topological polar surface area (TPSA) is 45.6 Å². The summed E-state index contributed by atoms with van der Waals surface area (Å²) in [6.45, 7) is 7.53. The molecule has 38 heavy (non-hydrogen) atoms. The second kappa shape index (κ2) is 13.3. The summed E-state index contributed by atoms with van der Waals surface area (Å²) in [6, 6.07) is 20.4. The zero-order valence-electron chi connectivity index (χ0n) is 22.9. The zero-order chi connectivity index (χ0) is 27.1. The first-order valence-corrected chi connectivity index (χ1v) is 14.7. The molecule has 0 radical (unpaired) electrons. The maximum atomic E-state index is 14.0. The van der Waals surface area contributed by atoms with Crippen LogP contribution >= 0.6 is 15.9 Å². The molecule has 0 N–H and O–H groups in total. The number of hydrogen-bond acceptors (Lipinski definition) is 2. The lowest BCUT2D eigenvalue weighted by molar-refractivity contribution is -0.136. The van der Waals surface area contributed by atoms with Gasteiger partial charge in [0, 0.05) is 40.6 Å². The van der Waals surface area contributed by atoms with Gasteiger partial charge in [-0.15, -0.1) is 0 Å². The molecule has 1 fully saturated rings. The van der Waals surface area contributed by atoms with Crippen molar-refractivity contribution in [1.82, 2.24) is 14.4 Å². The van der Waals surface area contributed by atoms with Gasteiger partial charge in [0.1, 0.15) is 6.54 Å². The number of amides is 2. The maximum absolute atomic E-state index is 14.0. The molecule has 1 aliphatic rings. The van der Waals surface area contributed by atoms with Crippen LogP contribution in [0.4, 0.5) is 0 Å². The number of rotatable bonds is 10. The second-order valence-electron chi connectivity index (χ2n) is 10.6. The van der Waals surface area contributed by atoms with E-state index in [4.69, 9.17) is 0 Å². The minimum atomic E-state index is -0.0742. The van der Waals surface area contributed by atoms with E-state index in [9.17, 15) is 9.59 Å². The van der Waals surface area contributed by atoms with Crippen molar-refractivity contribution < 1.29 is 9.59 Å². The highest BCUT2D eigenvalue weighted by atomic mass is 79.9. The van der Waals surface area contributed by atoms with Gasteiger partial charge in [0.05, 0.1) is 6.54 Å². The molecule has 0 bridgehead atoms. The normalized spacial score (nSPS) is 14.7. The number of hydrogen-bond donors (Lipinski definition) is 0. The standard InChI is InChI=1S/C32H40BrN3O2/c1-4-25(3)35(32(38)27-16-12-24(2)13-17-27)23-31(37)36(29-9-6-5-7-10-29)22-30-11-8-20-34(30)21-26-14-18-28(33)19-15-26/h8,11-20,25,29H,4-7,9-10,21-23H2,1-3H3. The largest absolute Gasteiger partial charge is 0.345 e. The van der Waals surface area contributed by atoms with Crippen LogP contribution in [0.1, 0.15) is 79.6 Å². The van der Waals surface area contributed by atoms with Gasteiger partial charge in [0.25, 0.3) is 5.91 Å². The van der Waals surface area contributed by atoms with Crippen molar-refractivity contribution in [3.8, 4) is 0 Å². The van der Waals surface area contributed by atoms with Crippen LogP contribution in [0.5, 0.6) is 0 Å². The molecular formula is C32H40BrN3O2. The molecule has 0 spiro atoms. The van der Waals surface area contributed by atoms with E-state index in [1.165, 1.54) is 12.0 Å². The third kappa shape index (κ3) is 7.16. The lowest BCUT2D eigenvalue weighted by Gasteiger charge is -2.37. The molecule has 1 heterocycles. The van der Waals surface area contributed by atoms with E-state index in [1.807, 2.05) is 38.1 Å². The number of benzene rings is 2. The highest BCUT2D eigenvalue weighted by Crippen LogP contribution is 2.26. The van der Waals surface area contributed by atoms with Crippen LogP contribution in [-0.4, -0.2) is 44.8 Å². The lowest BCUT2D eigenvalue weighted by atomic mass is 9.94. The molecule has 1 unspecified atom stereocenters. The van der Waals surface area contributed by atoms with Gasteiger partial charge < -0.3 is 14.4 Å². The van der Waals surface area contributed by atoms with Gasteiger partial charge in [-0.2, -0.15) is 0 Å². The molecule has 2 aromatic carbocycles. The van der Waals surface area contributed by atoms with Crippen molar-refractivity contribution in [3.63, 3.8) is 0 Å². The van der Waals surface area contributed by atoms with E-state index >= 15 is 0 Å². The summed E-state index contributed by atoms with van der Waals surface area (Å²) in [4.78, 5) is 31.4. The van der Waals surface area contributed by atoms with Gasteiger partial charge in [0.2, 0.25) is 5.91 Å². The van der Waals surface area contributed by atoms with Crippen molar-refractivity contribution >= 4 is 27.7 Å². The first-order chi connectivity index (χ1) is 18.4. The lowest BCUT2D eigenvalue weighted by Crippen LogP contribution is -2.49. The summed E-state index contributed by atoms with van der Waals surface area (Å²) in [5.41, 5.74) is 4.08. The van der Waals surface area contributed by atoms with Gasteiger partial charge in [-0.05, 0) is 75.1 Å². The predicted molar refractivity (Wildman–Crippen MR) is 157 cm³/mol. The van der Waals surface area contributed by atoms with Crippen molar-refractivity contribution in [3.05, 3.63) is 93.7 Å². The summed E-state index contributed by atoms with van der Waals surface area (Å²) in [5.74, 6) is -0.0380. The summed E-state index contributed by atoms with van der Waals surface area (Å²) >= 11 is 3.51. The molecule has 202 valence electrons. The summed E-state index contributed by atoms with van der Waals surface area (Å²) in [5, 5.41) is 0. The van der Waals surface area contributed by atoms with Crippen LogP contribution in [0.25, 0.3) is 0 Å². The quantitative estimate of drug-likeness (QED) is 0.255. The molecule has 0 aliphatic heterocycles. The Morgan fingerprint density at radius 1 is 1.00 bits per heavy atom. The summed E-state index contributed by atoms with van der Waals surface area (Å²) < 4.78 is 3.30. The van der Waals surface area contributed by atoms with Crippen LogP contribution in [0, 0.1) is 6.92 Å². The highest BCUT2D eigenvalue weighted by molar-refractivity contribution is 9.10. The zero-order valence-corrected chi connectivity index (χ0v) is 24.5. The number of carbonyl (C=O) groups excluding carboxylic acids is 2. The molecule has 1 aliphatic carbocycles. The van der Waals surface area contributed by atoms with Gasteiger partial charge in [-0.25, -0.2) is 0 Å². The molecule has 2 amide bonds. The van der Waals surface area contributed by atoms with E-state index in [2.05, 4.69) is 74.9 Å². The second-order valence-corrected chi connectivity index (χ2v) is 11.5. The fourth-order valence-electron chi connectivity index (χ4n) is 5.27. The molecule has 1 aromatic heterocycles. The third-order valence-corrected chi connectivity index (χ3v) is 8.37. The fourth-order valence-corrected chi connectivity index (χ4v) is 5.53. The van der Waals surface area contributed by atoms with Gasteiger partial charge >= 0.3 is 0 Å². The van der Waals surface area contributed by atoms with E-state index in [0.29, 0.717) is 12.1 Å². The highest BCUT2D eigenvalue weighted by Gasteiger charge is 2.30. The Balaban J connectivity index is 1.56. The number of halogens is 1. The minimum absolute atomic E-state index is 0.0257. The van der Waals surface area contributed by atoms with E-state index in [-0.39, 0.29) is 30.4 Å². The summed E-state index contributed by atoms with van der Waals surface area (Å²) in [7, 11) is 0. The fraction of sp³-hybridized carbons (Fsp3) is 0.438. The van der Waals surface area contributed by atoms with Crippen LogP contribution in [0.2, 0.25) is 0 Å². The Morgan fingerprint density at radius 2 is 1.68 bits per heavy atom. The van der Waals surface area contributed by atoms with Crippen molar-refractivity contribution in [2.24, 2.45) is 0 Å². The van der Waals surface area contributed by atoms with E-state index < -0.39 is 0 Å². The first-order valence-electron chi connectivity index (χ1n) is 13.9. The molecule has 1 atom stereocenters. The molecular weight excluding hydrogens is 538 g/mol.